The summed E-state index contributed by atoms with van der Waals surface area (Å²) in [5, 5.41) is 16.8. The number of hydrogen-bond acceptors (Lipinski definition) is 6. The molecule has 0 aromatic heterocycles. The molecule has 0 saturated carbocycles. The number of rotatable bonds is 9. The molecular weight excluding hydrogens is 338 g/mol. The van der Waals surface area contributed by atoms with Crippen molar-refractivity contribution in [1.29, 1.82) is 0 Å². The van der Waals surface area contributed by atoms with E-state index in [1.807, 2.05) is 6.92 Å². The van der Waals surface area contributed by atoms with E-state index >= 15 is 0 Å². The summed E-state index contributed by atoms with van der Waals surface area (Å²) < 4.78 is 10.8. The Hall–Kier alpha value is -3.13. The number of amides is 1. The number of methoxy groups -OCH3 is 1. The molecule has 0 atom stereocenters. The SMILES string of the molecule is CCNCCNC(=O)c1cc([N+](=O)[O-])ccc1Oc1ccc(OC)cc1. The Balaban J connectivity index is 2.22. The normalized spacial score (nSPS) is 10.2. The Morgan fingerprint density at radius 3 is 2.42 bits per heavy atom. The van der Waals surface area contributed by atoms with E-state index in [0.29, 0.717) is 24.6 Å². The molecule has 2 aromatic carbocycles. The summed E-state index contributed by atoms with van der Waals surface area (Å²) in [6.07, 6.45) is 0. The third-order valence-electron chi connectivity index (χ3n) is 3.54. The van der Waals surface area contributed by atoms with Crippen molar-refractivity contribution in [2.45, 2.75) is 6.92 Å². The smallest absolute Gasteiger partial charge is 0.270 e. The van der Waals surface area contributed by atoms with Crippen molar-refractivity contribution in [3.8, 4) is 17.2 Å². The molecular formula is C18H21N3O5. The highest BCUT2D eigenvalue weighted by Crippen LogP contribution is 2.29. The van der Waals surface area contributed by atoms with Gasteiger partial charge in [0.25, 0.3) is 11.6 Å². The van der Waals surface area contributed by atoms with Gasteiger partial charge in [-0.25, -0.2) is 0 Å². The van der Waals surface area contributed by atoms with Crippen molar-refractivity contribution < 1.29 is 19.2 Å². The minimum atomic E-state index is -0.549. The fourth-order valence-corrected chi connectivity index (χ4v) is 2.21. The number of carbonyl (C=O) groups is 1. The lowest BCUT2D eigenvalue weighted by atomic mass is 10.1. The first-order valence-corrected chi connectivity index (χ1v) is 8.14. The molecule has 1 amide bonds. The number of nitro groups is 1. The lowest BCUT2D eigenvalue weighted by Crippen LogP contribution is -2.31. The third kappa shape index (κ3) is 5.18. The fourth-order valence-electron chi connectivity index (χ4n) is 2.21. The lowest BCUT2D eigenvalue weighted by Gasteiger charge is -2.12. The molecule has 0 bridgehead atoms. The molecule has 2 rings (SSSR count). The van der Waals surface area contributed by atoms with Gasteiger partial charge in [0.05, 0.1) is 17.6 Å². The third-order valence-corrected chi connectivity index (χ3v) is 3.54. The summed E-state index contributed by atoms with van der Waals surface area (Å²) in [4.78, 5) is 22.9. The van der Waals surface area contributed by atoms with Crippen LogP contribution in [0.2, 0.25) is 0 Å². The summed E-state index contributed by atoms with van der Waals surface area (Å²) in [6, 6.07) is 10.7. The second-order valence-corrected chi connectivity index (χ2v) is 5.32. The monoisotopic (exact) mass is 359 g/mol. The number of ether oxygens (including phenoxy) is 2. The number of nitro benzene ring substituents is 1. The maximum absolute atomic E-state index is 12.4. The Morgan fingerprint density at radius 2 is 1.81 bits per heavy atom. The first-order chi connectivity index (χ1) is 12.5. The van der Waals surface area contributed by atoms with Crippen molar-refractivity contribution in [1.82, 2.24) is 10.6 Å². The Labute approximate surface area is 151 Å². The largest absolute Gasteiger partial charge is 0.497 e. The van der Waals surface area contributed by atoms with Crippen molar-refractivity contribution in [3.05, 3.63) is 58.1 Å². The Bertz CT molecular complexity index is 762. The molecule has 0 aliphatic carbocycles. The second-order valence-electron chi connectivity index (χ2n) is 5.32. The molecule has 2 N–H and O–H groups in total. The number of benzene rings is 2. The Kier molecular flexibility index (Phi) is 6.92. The molecule has 8 nitrogen and oxygen atoms in total. The van der Waals surface area contributed by atoms with Crippen LogP contribution < -0.4 is 20.1 Å². The van der Waals surface area contributed by atoms with Crippen LogP contribution in [-0.4, -0.2) is 37.6 Å². The van der Waals surface area contributed by atoms with E-state index in [-0.39, 0.29) is 17.0 Å². The van der Waals surface area contributed by atoms with E-state index < -0.39 is 10.8 Å². The molecule has 0 saturated heterocycles. The lowest BCUT2D eigenvalue weighted by molar-refractivity contribution is -0.384. The Morgan fingerprint density at radius 1 is 1.12 bits per heavy atom. The van der Waals surface area contributed by atoms with Crippen molar-refractivity contribution >= 4 is 11.6 Å². The number of likely N-dealkylation sites (N-methyl/N-ethyl adjacent to an activating group) is 1. The molecule has 8 heteroatoms. The number of non-ortho nitro benzene ring substituents is 1. The van der Waals surface area contributed by atoms with E-state index in [9.17, 15) is 14.9 Å². The predicted molar refractivity (Wildman–Crippen MR) is 97.0 cm³/mol. The van der Waals surface area contributed by atoms with Gasteiger partial charge in [0.15, 0.2) is 0 Å². The van der Waals surface area contributed by atoms with Crippen LogP contribution in [0.3, 0.4) is 0 Å². The average Bonchev–Trinajstić information content (AvgIpc) is 2.65. The number of nitrogens with one attached hydrogen (secondary N) is 2. The van der Waals surface area contributed by atoms with E-state index in [2.05, 4.69) is 10.6 Å². The minimum Gasteiger partial charge on any atom is -0.497 e. The zero-order valence-corrected chi connectivity index (χ0v) is 14.7. The van der Waals surface area contributed by atoms with Gasteiger partial charge in [-0.3, -0.25) is 14.9 Å². The van der Waals surface area contributed by atoms with Crippen LogP contribution in [0.25, 0.3) is 0 Å². The highest BCUT2D eigenvalue weighted by Gasteiger charge is 2.18. The van der Waals surface area contributed by atoms with Gasteiger partial charge < -0.3 is 20.1 Å². The van der Waals surface area contributed by atoms with E-state index in [1.165, 1.54) is 18.2 Å². The van der Waals surface area contributed by atoms with Crippen molar-refractivity contribution in [2.75, 3.05) is 26.7 Å². The topological polar surface area (TPSA) is 103 Å². The van der Waals surface area contributed by atoms with E-state index in [1.54, 1.807) is 31.4 Å². The standard InChI is InChI=1S/C18H21N3O5/c1-3-19-10-11-20-18(22)16-12-13(21(23)24)4-9-17(16)26-15-7-5-14(25-2)6-8-15/h4-9,12,19H,3,10-11H2,1-2H3,(H,20,22). The first-order valence-electron chi connectivity index (χ1n) is 8.14. The molecule has 0 radical (unpaired) electrons. The first kappa shape index (κ1) is 19.2. The van der Waals surface area contributed by atoms with Crippen molar-refractivity contribution in [2.24, 2.45) is 0 Å². The second kappa shape index (κ2) is 9.38. The summed E-state index contributed by atoms with van der Waals surface area (Å²) in [5.74, 6) is 0.959. The number of hydrogen-bond donors (Lipinski definition) is 2. The van der Waals surface area contributed by atoms with Crippen LogP contribution in [0.1, 0.15) is 17.3 Å². The number of nitrogens with zero attached hydrogens (tertiary/aromatic N) is 1. The molecule has 2 aromatic rings. The van der Waals surface area contributed by atoms with Gasteiger partial charge in [0.1, 0.15) is 17.2 Å². The van der Waals surface area contributed by atoms with Crippen LogP contribution in [-0.2, 0) is 0 Å². The minimum absolute atomic E-state index is 0.103. The van der Waals surface area contributed by atoms with Gasteiger partial charge in [-0.2, -0.15) is 0 Å². The zero-order chi connectivity index (χ0) is 18.9. The maximum atomic E-state index is 12.4. The van der Waals surface area contributed by atoms with Crippen LogP contribution in [0.4, 0.5) is 5.69 Å². The van der Waals surface area contributed by atoms with Crippen molar-refractivity contribution in [3.63, 3.8) is 0 Å². The zero-order valence-electron chi connectivity index (χ0n) is 14.7. The highest BCUT2D eigenvalue weighted by molar-refractivity contribution is 5.97. The van der Waals surface area contributed by atoms with E-state index in [4.69, 9.17) is 9.47 Å². The molecule has 0 spiro atoms. The van der Waals surface area contributed by atoms with Gasteiger partial charge in [-0.1, -0.05) is 6.92 Å². The van der Waals surface area contributed by atoms with Crippen LogP contribution >= 0.6 is 0 Å². The summed E-state index contributed by atoms with van der Waals surface area (Å²) in [7, 11) is 1.56. The quantitative estimate of drug-likeness (QED) is 0.405. The molecule has 26 heavy (non-hydrogen) atoms. The highest BCUT2D eigenvalue weighted by atomic mass is 16.6. The predicted octanol–water partition coefficient (Wildman–Crippen LogP) is 2.74. The van der Waals surface area contributed by atoms with Crippen LogP contribution in [0, 0.1) is 10.1 Å². The summed E-state index contributed by atoms with van der Waals surface area (Å²) in [5.41, 5.74) is -0.0737. The molecule has 138 valence electrons. The van der Waals surface area contributed by atoms with Crippen LogP contribution in [0.5, 0.6) is 17.2 Å². The number of carbonyl (C=O) groups excluding carboxylic acids is 1. The fraction of sp³-hybridized carbons (Fsp3) is 0.278. The van der Waals surface area contributed by atoms with E-state index in [0.717, 1.165) is 6.54 Å². The summed E-state index contributed by atoms with van der Waals surface area (Å²) in [6.45, 7) is 3.75. The van der Waals surface area contributed by atoms with Gasteiger partial charge in [-0.15, -0.1) is 0 Å². The van der Waals surface area contributed by atoms with Gasteiger partial charge in [0.2, 0.25) is 0 Å². The van der Waals surface area contributed by atoms with Gasteiger partial charge in [0, 0.05) is 25.2 Å². The maximum Gasteiger partial charge on any atom is 0.270 e. The van der Waals surface area contributed by atoms with Gasteiger partial charge in [-0.05, 0) is 36.9 Å². The molecule has 0 fully saturated rings. The molecule has 0 aliphatic heterocycles. The molecule has 0 unspecified atom stereocenters. The molecule has 0 heterocycles. The molecule has 0 aliphatic rings. The van der Waals surface area contributed by atoms with Gasteiger partial charge >= 0.3 is 0 Å². The van der Waals surface area contributed by atoms with Crippen LogP contribution in [0.15, 0.2) is 42.5 Å². The summed E-state index contributed by atoms with van der Waals surface area (Å²) >= 11 is 0. The average molecular weight is 359 g/mol.